The van der Waals surface area contributed by atoms with Crippen LogP contribution < -0.4 is 10.1 Å². The summed E-state index contributed by atoms with van der Waals surface area (Å²) >= 11 is 0. The molecule has 2 N–H and O–H groups in total. The van der Waals surface area contributed by atoms with Crippen LogP contribution in [0.4, 0.5) is 4.79 Å². The number of carboxylic acid groups (broad SMARTS) is 1. The average molecular weight is 542 g/mol. The Kier molecular flexibility index (Phi) is 8.83. The molecule has 0 aliphatic heterocycles. The number of hydrogen-bond acceptors (Lipinski definition) is 5. The Morgan fingerprint density at radius 1 is 1.05 bits per heavy atom. The van der Waals surface area contributed by atoms with Gasteiger partial charge in [-0.05, 0) is 68.7 Å². The predicted molar refractivity (Wildman–Crippen MR) is 155 cm³/mol. The molecule has 0 saturated heterocycles. The number of methoxy groups -OCH3 is 1. The van der Waals surface area contributed by atoms with Gasteiger partial charge in [-0.15, -0.1) is 0 Å². The van der Waals surface area contributed by atoms with Gasteiger partial charge >= 0.3 is 6.09 Å². The standard InChI is InChI=1S/C31H35N5O4/c1-31(2,3)35(30(38)39)21-24(19-22-9-6-5-7-10-22)33-28(37)17-16-27-26-11-8-18-32-29(26)36(34-27)20-23-12-14-25(40-4)15-13-23/h5-18,24H,19-21H2,1-4H3,(H,33,37)(H,38,39)/b17-16+/t24-/m1/s1. The monoisotopic (exact) mass is 541 g/mol. The van der Waals surface area contributed by atoms with E-state index in [0.717, 1.165) is 22.3 Å². The molecule has 9 heteroatoms. The molecule has 9 nitrogen and oxygen atoms in total. The Balaban J connectivity index is 1.54. The van der Waals surface area contributed by atoms with Gasteiger partial charge in [0.1, 0.15) is 5.75 Å². The second-order valence-corrected chi connectivity index (χ2v) is 10.6. The molecule has 0 aliphatic rings. The minimum atomic E-state index is -1.03. The van der Waals surface area contributed by atoms with E-state index in [9.17, 15) is 14.7 Å². The smallest absolute Gasteiger partial charge is 0.407 e. The van der Waals surface area contributed by atoms with Gasteiger partial charge in [0.2, 0.25) is 5.91 Å². The third-order valence-electron chi connectivity index (χ3n) is 6.53. The number of nitrogens with one attached hydrogen (secondary N) is 1. The third kappa shape index (κ3) is 7.25. The van der Waals surface area contributed by atoms with Gasteiger partial charge in [0.25, 0.3) is 0 Å². The summed E-state index contributed by atoms with van der Waals surface area (Å²) in [7, 11) is 1.63. The minimum Gasteiger partial charge on any atom is -0.497 e. The van der Waals surface area contributed by atoms with Crippen molar-refractivity contribution in [2.24, 2.45) is 0 Å². The summed E-state index contributed by atoms with van der Waals surface area (Å²) in [5, 5.41) is 18.4. The van der Waals surface area contributed by atoms with Crippen LogP contribution in [0.25, 0.3) is 17.1 Å². The molecule has 2 aromatic heterocycles. The molecule has 0 spiro atoms. The lowest BCUT2D eigenvalue weighted by atomic mass is 10.0. The first-order chi connectivity index (χ1) is 19.1. The van der Waals surface area contributed by atoms with Crippen molar-refractivity contribution in [1.82, 2.24) is 25.0 Å². The van der Waals surface area contributed by atoms with Gasteiger partial charge in [-0.3, -0.25) is 4.79 Å². The minimum absolute atomic E-state index is 0.149. The summed E-state index contributed by atoms with van der Waals surface area (Å²) in [6.07, 6.45) is 4.28. The first-order valence-corrected chi connectivity index (χ1v) is 13.1. The van der Waals surface area contributed by atoms with Crippen molar-refractivity contribution < 1.29 is 19.4 Å². The van der Waals surface area contributed by atoms with Crippen molar-refractivity contribution in [2.75, 3.05) is 13.7 Å². The van der Waals surface area contributed by atoms with Crippen LogP contribution in [0.15, 0.2) is 79.0 Å². The van der Waals surface area contributed by atoms with Crippen LogP contribution in [0.1, 0.15) is 37.6 Å². The van der Waals surface area contributed by atoms with Gasteiger partial charge < -0.3 is 20.1 Å². The predicted octanol–water partition coefficient (Wildman–Crippen LogP) is 5.01. The van der Waals surface area contributed by atoms with Gasteiger partial charge in [-0.25, -0.2) is 14.5 Å². The lowest BCUT2D eigenvalue weighted by Gasteiger charge is -2.36. The number of rotatable bonds is 10. The van der Waals surface area contributed by atoms with Crippen molar-refractivity contribution in [3.8, 4) is 5.75 Å². The molecule has 0 saturated carbocycles. The second kappa shape index (κ2) is 12.5. The van der Waals surface area contributed by atoms with E-state index < -0.39 is 17.7 Å². The lowest BCUT2D eigenvalue weighted by Crippen LogP contribution is -2.53. The Morgan fingerprint density at radius 3 is 2.42 bits per heavy atom. The average Bonchev–Trinajstić information content (AvgIpc) is 3.28. The van der Waals surface area contributed by atoms with Crippen LogP contribution in [-0.2, 0) is 17.8 Å². The number of hydrogen-bond donors (Lipinski definition) is 2. The lowest BCUT2D eigenvalue weighted by molar-refractivity contribution is -0.117. The molecule has 2 amide bonds. The van der Waals surface area contributed by atoms with Crippen LogP contribution in [0.3, 0.4) is 0 Å². The quantitative estimate of drug-likeness (QED) is 0.273. The highest BCUT2D eigenvalue weighted by Crippen LogP contribution is 2.20. The fourth-order valence-corrected chi connectivity index (χ4v) is 4.49. The zero-order chi connectivity index (χ0) is 28.7. The van der Waals surface area contributed by atoms with Crippen LogP contribution in [0, 0.1) is 0 Å². The topological polar surface area (TPSA) is 110 Å². The molecular formula is C31H35N5O4. The molecule has 2 aromatic carbocycles. The van der Waals surface area contributed by atoms with Gasteiger partial charge in [0.15, 0.2) is 5.65 Å². The Hall–Kier alpha value is -4.66. The van der Waals surface area contributed by atoms with Crippen molar-refractivity contribution in [1.29, 1.82) is 0 Å². The molecular weight excluding hydrogens is 506 g/mol. The highest BCUT2D eigenvalue weighted by molar-refractivity contribution is 5.94. The maximum Gasteiger partial charge on any atom is 0.407 e. The first kappa shape index (κ1) is 28.4. The van der Waals surface area contributed by atoms with Gasteiger partial charge in [0, 0.05) is 29.7 Å². The molecule has 0 unspecified atom stereocenters. The van der Waals surface area contributed by atoms with E-state index >= 15 is 0 Å². The number of carbonyl (C=O) groups excluding carboxylic acids is 1. The van der Waals surface area contributed by atoms with E-state index in [1.807, 2.05) is 87.5 Å². The van der Waals surface area contributed by atoms with Crippen molar-refractivity contribution >= 4 is 29.1 Å². The molecule has 4 aromatic rings. The van der Waals surface area contributed by atoms with E-state index in [0.29, 0.717) is 24.3 Å². The molecule has 40 heavy (non-hydrogen) atoms. The summed E-state index contributed by atoms with van der Waals surface area (Å²) in [5.41, 5.74) is 2.75. The molecule has 0 aliphatic carbocycles. The highest BCUT2D eigenvalue weighted by atomic mass is 16.5. The Bertz CT molecular complexity index is 1470. The van der Waals surface area contributed by atoms with Crippen LogP contribution in [0.2, 0.25) is 0 Å². The molecule has 0 fully saturated rings. The van der Waals surface area contributed by atoms with Crippen LogP contribution >= 0.6 is 0 Å². The van der Waals surface area contributed by atoms with Crippen LogP contribution in [-0.4, -0.2) is 62.0 Å². The van der Waals surface area contributed by atoms with Crippen molar-refractivity contribution in [2.45, 2.75) is 45.3 Å². The molecule has 0 bridgehead atoms. The zero-order valence-corrected chi connectivity index (χ0v) is 23.2. The summed E-state index contributed by atoms with van der Waals surface area (Å²) in [6, 6.07) is 20.8. The zero-order valence-electron chi connectivity index (χ0n) is 23.2. The number of aromatic nitrogens is 3. The van der Waals surface area contributed by atoms with Gasteiger partial charge in [-0.1, -0.05) is 42.5 Å². The Labute approximate surface area is 234 Å². The van der Waals surface area contributed by atoms with E-state index in [1.165, 1.54) is 11.0 Å². The molecule has 2 heterocycles. The number of fused-ring (bicyclic) bond motifs is 1. The summed E-state index contributed by atoms with van der Waals surface area (Å²) in [5.74, 6) is 0.448. The molecule has 4 rings (SSSR count). The summed E-state index contributed by atoms with van der Waals surface area (Å²) in [4.78, 5) is 30.9. The van der Waals surface area contributed by atoms with Gasteiger partial charge in [-0.2, -0.15) is 5.10 Å². The number of pyridine rings is 1. The third-order valence-corrected chi connectivity index (χ3v) is 6.53. The summed E-state index contributed by atoms with van der Waals surface area (Å²) in [6.45, 7) is 6.17. The summed E-state index contributed by atoms with van der Waals surface area (Å²) < 4.78 is 7.05. The molecule has 208 valence electrons. The van der Waals surface area contributed by atoms with E-state index in [2.05, 4.69) is 10.3 Å². The first-order valence-electron chi connectivity index (χ1n) is 13.1. The number of amides is 2. The maximum atomic E-state index is 13.1. The second-order valence-electron chi connectivity index (χ2n) is 10.6. The van der Waals surface area contributed by atoms with Crippen molar-refractivity contribution in [3.05, 3.63) is 95.8 Å². The van der Waals surface area contributed by atoms with Crippen molar-refractivity contribution in [3.63, 3.8) is 0 Å². The van der Waals surface area contributed by atoms with Gasteiger partial charge in [0.05, 0.1) is 25.4 Å². The van der Waals surface area contributed by atoms with E-state index in [1.54, 1.807) is 24.1 Å². The Morgan fingerprint density at radius 2 is 1.77 bits per heavy atom. The maximum absolute atomic E-state index is 13.1. The fourth-order valence-electron chi connectivity index (χ4n) is 4.49. The highest BCUT2D eigenvalue weighted by Gasteiger charge is 2.29. The van der Waals surface area contributed by atoms with Crippen LogP contribution in [0.5, 0.6) is 5.75 Å². The SMILES string of the molecule is COc1ccc(Cn2nc(/C=C/C(=O)N[C@H](Cc3ccccc3)CN(C(=O)O)C(C)(C)C)c3cccnc32)cc1. The molecule has 1 atom stereocenters. The molecule has 0 radical (unpaired) electrons. The normalized spacial score (nSPS) is 12.4. The fraction of sp³-hybridized carbons (Fsp3) is 0.290. The largest absolute Gasteiger partial charge is 0.497 e. The number of ether oxygens (including phenoxy) is 1. The number of benzene rings is 2. The van der Waals surface area contributed by atoms with E-state index in [4.69, 9.17) is 9.84 Å². The van der Waals surface area contributed by atoms with E-state index in [-0.39, 0.29) is 12.5 Å². The number of carbonyl (C=O) groups is 2. The number of nitrogens with zero attached hydrogens (tertiary/aromatic N) is 4.